The lowest BCUT2D eigenvalue weighted by Gasteiger charge is -2.03. The number of Topliss-reactive ketones (excluding diaryl/α,β-unsaturated/α-hetero) is 1. The maximum Gasteiger partial charge on any atom is 0.227 e. The Morgan fingerprint density at radius 2 is 1.31 bits per heavy atom. The number of rotatable bonds is 4. The Morgan fingerprint density at radius 1 is 0.692 bits per heavy atom. The monoisotopic (exact) mass is 403 g/mol. The van der Waals surface area contributed by atoms with Gasteiger partial charge in [-0.05, 0) is 22.6 Å². The molecule has 1 heterocycles. The number of carbonyl (C=O) groups excluding carboxylic acids is 1. The van der Waals surface area contributed by atoms with Gasteiger partial charge in [-0.2, -0.15) is 4.57 Å². The highest BCUT2D eigenvalue weighted by atomic mass is 79.9. The third-order valence-electron chi connectivity index (χ3n) is 4.39. The van der Waals surface area contributed by atoms with Crippen LogP contribution in [0.1, 0.15) is 10.4 Å². The first-order chi connectivity index (χ1) is 12.3. The van der Waals surface area contributed by atoms with E-state index in [-0.39, 0.29) is 22.8 Å². The number of hydrogen-bond acceptors (Lipinski definition) is 1. The minimum absolute atomic E-state index is 0. The molecule has 0 aliphatic carbocycles. The van der Waals surface area contributed by atoms with E-state index in [4.69, 9.17) is 0 Å². The Morgan fingerprint density at radius 3 is 2.04 bits per heavy atom. The van der Waals surface area contributed by atoms with Crippen molar-refractivity contribution >= 4 is 16.6 Å². The topological polar surface area (TPSA) is 20.9 Å². The molecule has 0 fully saturated rings. The predicted molar refractivity (Wildman–Crippen MR) is 100 cm³/mol. The molecule has 4 rings (SSSR count). The summed E-state index contributed by atoms with van der Waals surface area (Å²) in [6.45, 7) is 0.343. The third-order valence-corrected chi connectivity index (χ3v) is 4.39. The summed E-state index contributed by atoms with van der Waals surface area (Å²) in [5, 5.41) is 2.32. The summed E-state index contributed by atoms with van der Waals surface area (Å²) >= 11 is 0. The number of ketones is 1. The van der Waals surface area contributed by atoms with Crippen molar-refractivity contribution < 1.29 is 26.3 Å². The molecule has 0 unspecified atom stereocenters. The van der Waals surface area contributed by atoms with Crippen LogP contribution in [-0.4, -0.2) is 5.78 Å². The second kappa shape index (κ2) is 8.07. The smallest absolute Gasteiger partial charge is 0.227 e. The zero-order valence-corrected chi connectivity index (χ0v) is 15.8. The average Bonchev–Trinajstić information content (AvgIpc) is 2.69. The Bertz CT molecular complexity index is 1030. The number of benzene rings is 3. The van der Waals surface area contributed by atoms with Crippen molar-refractivity contribution in [3.8, 4) is 11.1 Å². The molecule has 2 nitrogen and oxygen atoms in total. The van der Waals surface area contributed by atoms with E-state index in [2.05, 4.69) is 24.3 Å². The van der Waals surface area contributed by atoms with Crippen LogP contribution in [-0.2, 0) is 6.54 Å². The molecule has 0 N–H and O–H groups in total. The SMILES string of the molecule is O=C(C[n+]1ccc2ccccc2c1)c1ccc(-c2ccccc2)cc1.[Br-]. The zero-order valence-electron chi connectivity index (χ0n) is 14.2. The number of fused-ring (bicyclic) bond motifs is 1. The maximum atomic E-state index is 12.6. The summed E-state index contributed by atoms with van der Waals surface area (Å²) in [4.78, 5) is 12.6. The van der Waals surface area contributed by atoms with Crippen LogP contribution in [0.15, 0.2) is 97.3 Å². The number of pyridine rings is 1. The van der Waals surface area contributed by atoms with E-state index in [9.17, 15) is 4.79 Å². The van der Waals surface area contributed by atoms with Crippen LogP contribution >= 0.6 is 0 Å². The van der Waals surface area contributed by atoms with Crippen molar-refractivity contribution in [2.75, 3.05) is 0 Å². The first-order valence-corrected chi connectivity index (χ1v) is 8.36. The van der Waals surface area contributed by atoms with Gasteiger partial charge < -0.3 is 17.0 Å². The zero-order chi connectivity index (χ0) is 17.1. The molecule has 3 heteroatoms. The average molecular weight is 404 g/mol. The number of halogens is 1. The summed E-state index contributed by atoms with van der Waals surface area (Å²) in [7, 11) is 0. The Hall–Kier alpha value is -2.78. The third kappa shape index (κ3) is 3.89. The maximum absolute atomic E-state index is 12.6. The van der Waals surface area contributed by atoms with Crippen molar-refractivity contribution in [3.05, 3.63) is 103 Å². The van der Waals surface area contributed by atoms with E-state index < -0.39 is 0 Å². The van der Waals surface area contributed by atoms with E-state index in [0.29, 0.717) is 6.54 Å². The van der Waals surface area contributed by atoms with Crippen molar-refractivity contribution in [1.82, 2.24) is 0 Å². The largest absolute Gasteiger partial charge is 1.00 e. The van der Waals surface area contributed by atoms with Crippen molar-refractivity contribution in [2.45, 2.75) is 6.54 Å². The van der Waals surface area contributed by atoms with Crippen LogP contribution in [0.2, 0.25) is 0 Å². The molecule has 4 aromatic rings. The minimum atomic E-state index is 0. The highest BCUT2D eigenvalue weighted by Crippen LogP contribution is 2.19. The van der Waals surface area contributed by atoms with Gasteiger partial charge in [-0.15, -0.1) is 0 Å². The lowest BCUT2D eigenvalue weighted by molar-refractivity contribution is -0.681. The van der Waals surface area contributed by atoms with Crippen LogP contribution < -0.4 is 21.5 Å². The van der Waals surface area contributed by atoms with Gasteiger partial charge >= 0.3 is 0 Å². The second-order valence-corrected chi connectivity index (χ2v) is 6.11. The summed E-state index contributed by atoms with van der Waals surface area (Å²) in [6, 6.07) is 28.2. The normalized spacial score (nSPS) is 10.3. The van der Waals surface area contributed by atoms with Gasteiger partial charge in [-0.1, -0.05) is 72.8 Å². The lowest BCUT2D eigenvalue weighted by Crippen LogP contribution is -3.00. The van der Waals surface area contributed by atoms with Gasteiger partial charge in [0.05, 0.1) is 0 Å². The van der Waals surface area contributed by atoms with E-state index in [0.717, 1.165) is 22.1 Å². The second-order valence-electron chi connectivity index (χ2n) is 6.11. The molecule has 3 aromatic carbocycles. The summed E-state index contributed by atoms with van der Waals surface area (Å²) in [5.74, 6) is 0.111. The standard InChI is InChI=1S/C23H18NO.BrH/c25-23(17-24-15-14-19-8-4-5-9-22(19)16-24)21-12-10-20(11-13-21)18-6-2-1-3-7-18;/h1-16H,17H2;1H/q+1;/p-1. The van der Waals surface area contributed by atoms with E-state index >= 15 is 0 Å². The molecule has 0 radical (unpaired) electrons. The molecule has 0 saturated carbocycles. The number of hydrogen-bond donors (Lipinski definition) is 0. The minimum Gasteiger partial charge on any atom is -1.00 e. The molecule has 0 aliphatic rings. The summed E-state index contributed by atoms with van der Waals surface area (Å²) < 4.78 is 1.94. The van der Waals surface area contributed by atoms with E-state index in [1.165, 1.54) is 5.39 Å². The number of carbonyl (C=O) groups is 1. The molecule has 0 atom stereocenters. The molecule has 1 aromatic heterocycles. The number of nitrogens with zero attached hydrogens (tertiary/aromatic N) is 1. The van der Waals surface area contributed by atoms with Gasteiger partial charge in [0, 0.05) is 17.0 Å². The molecule has 0 bridgehead atoms. The predicted octanol–water partition coefficient (Wildman–Crippen LogP) is 1.68. The van der Waals surface area contributed by atoms with Crippen LogP contribution in [0, 0.1) is 0 Å². The first-order valence-electron chi connectivity index (χ1n) is 8.36. The first kappa shape index (κ1) is 18.0. The lowest BCUT2D eigenvalue weighted by atomic mass is 10.0. The Kier molecular flexibility index (Phi) is 5.59. The quantitative estimate of drug-likeness (QED) is 0.375. The molecular weight excluding hydrogens is 386 g/mol. The van der Waals surface area contributed by atoms with E-state index in [1.807, 2.05) is 77.6 Å². The van der Waals surface area contributed by atoms with Gasteiger partial charge in [0.1, 0.15) is 0 Å². The van der Waals surface area contributed by atoms with Crippen molar-refractivity contribution in [2.24, 2.45) is 0 Å². The highest BCUT2D eigenvalue weighted by molar-refractivity contribution is 5.95. The number of aromatic nitrogens is 1. The van der Waals surface area contributed by atoms with Crippen LogP contribution in [0.3, 0.4) is 0 Å². The molecule has 128 valence electrons. The van der Waals surface area contributed by atoms with Gasteiger partial charge in [0.15, 0.2) is 12.4 Å². The molecule has 26 heavy (non-hydrogen) atoms. The summed E-state index contributed by atoms with van der Waals surface area (Å²) in [6.07, 6.45) is 3.98. The van der Waals surface area contributed by atoms with Gasteiger partial charge in [0.2, 0.25) is 12.3 Å². The highest BCUT2D eigenvalue weighted by Gasteiger charge is 2.12. The fourth-order valence-corrected chi connectivity index (χ4v) is 3.01. The Labute approximate surface area is 163 Å². The molecular formula is C23H18BrNO. The van der Waals surface area contributed by atoms with Crippen molar-refractivity contribution in [1.29, 1.82) is 0 Å². The van der Waals surface area contributed by atoms with Crippen LogP contribution in [0.4, 0.5) is 0 Å². The fraction of sp³-hybridized carbons (Fsp3) is 0.0435. The van der Waals surface area contributed by atoms with Gasteiger partial charge in [-0.25, -0.2) is 0 Å². The molecule has 0 saturated heterocycles. The van der Waals surface area contributed by atoms with Gasteiger partial charge in [-0.3, -0.25) is 4.79 Å². The summed E-state index contributed by atoms with van der Waals surface area (Å²) in [5.41, 5.74) is 3.02. The van der Waals surface area contributed by atoms with Crippen LogP contribution in [0.5, 0.6) is 0 Å². The molecule has 0 aliphatic heterocycles. The van der Waals surface area contributed by atoms with E-state index in [1.54, 1.807) is 0 Å². The van der Waals surface area contributed by atoms with Crippen molar-refractivity contribution in [3.63, 3.8) is 0 Å². The fourth-order valence-electron chi connectivity index (χ4n) is 3.01. The molecule has 0 spiro atoms. The van der Waals surface area contributed by atoms with Crippen LogP contribution in [0.25, 0.3) is 21.9 Å². The van der Waals surface area contributed by atoms with Gasteiger partial charge in [0.25, 0.3) is 0 Å². The molecule has 0 amide bonds. The Balaban J connectivity index is 0.00000196.